The van der Waals surface area contributed by atoms with Gasteiger partial charge in [0, 0.05) is 12.3 Å². The van der Waals surface area contributed by atoms with Crippen LogP contribution in [0.25, 0.3) is 0 Å². The summed E-state index contributed by atoms with van der Waals surface area (Å²) in [5.41, 5.74) is 4.22. The molecule has 0 spiro atoms. The second-order valence-electron chi connectivity index (χ2n) is 4.47. The highest BCUT2D eigenvalue weighted by molar-refractivity contribution is 7.80. The largest absolute Gasteiger partial charge is 0.361 e. The van der Waals surface area contributed by atoms with Gasteiger partial charge < -0.3 is 5.32 Å². The molecule has 2 N–H and O–H groups in total. The third kappa shape index (κ3) is 4.92. The van der Waals surface area contributed by atoms with Gasteiger partial charge in [0.15, 0.2) is 5.11 Å². The molecule has 1 rings (SSSR count). The molecule has 1 fully saturated rings. The first-order valence-corrected chi connectivity index (χ1v) is 6.75. The van der Waals surface area contributed by atoms with Crippen LogP contribution in [0.15, 0.2) is 5.10 Å². The van der Waals surface area contributed by atoms with E-state index in [2.05, 4.69) is 29.7 Å². The van der Waals surface area contributed by atoms with Crippen LogP contribution in [0.4, 0.5) is 0 Å². The number of unbranched alkanes of at least 4 members (excludes halogenated alkanes) is 1. The molecule has 0 unspecified atom stereocenters. The molecule has 1 atom stereocenters. The van der Waals surface area contributed by atoms with Crippen LogP contribution in [0, 0.1) is 5.92 Å². The van der Waals surface area contributed by atoms with Crippen LogP contribution < -0.4 is 10.7 Å². The van der Waals surface area contributed by atoms with Crippen LogP contribution in [0.3, 0.4) is 0 Å². The van der Waals surface area contributed by atoms with Crippen molar-refractivity contribution in [1.82, 2.24) is 10.7 Å². The third-order valence-corrected chi connectivity index (χ3v) is 3.24. The number of hydrazone groups is 1. The first-order chi connectivity index (χ1) is 7.74. The minimum absolute atomic E-state index is 0.611. The van der Waals surface area contributed by atoms with E-state index in [1.807, 2.05) is 0 Å². The van der Waals surface area contributed by atoms with Gasteiger partial charge in [-0.05, 0) is 43.8 Å². The van der Waals surface area contributed by atoms with Crippen LogP contribution in [0.1, 0.15) is 52.4 Å². The number of hydrogen-bond donors (Lipinski definition) is 2. The lowest BCUT2D eigenvalue weighted by molar-refractivity contribution is 0.555. The molecule has 1 aliphatic carbocycles. The number of thiocarbonyl (C=S) groups is 1. The molecule has 16 heavy (non-hydrogen) atoms. The molecular weight excluding hydrogens is 218 g/mol. The van der Waals surface area contributed by atoms with Gasteiger partial charge in [-0.15, -0.1) is 0 Å². The van der Waals surface area contributed by atoms with Crippen molar-refractivity contribution in [3.05, 3.63) is 0 Å². The maximum atomic E-state index is 5.15. The Hall–Kier alpha value is -0.640. The maximum absolute atomic E-state index is 5.15. The zero-order chi connectivity index (χ0) is 11.8. The van der Waals surface area contributed by atoms with E-state index in [9.17, 15) is 0 Å². The van der Waals surface area contributed by atoms with E-state index in [0.717, 1.165) is 19.4 Å². The molecule has 4 heteroatoms. The highest BCUT2D eigenvalue weighted by atomic mass is 32.1. The van der Waals surface area contributed by atoms with E-state index in [1.54, 1.807) is 0 Å². The van der Waals surface area contributed by atoms with Gasteiger partial charge in [0.05, 0.1) is 0 Å². The molecule has 1 aliphatic rings. The van der Waals surface area contributed by atoms with Crippen molar-refractivity contribution >= 4 is 23.0 Å². The normalized spacial score (nSPS) is 23.1. The monoisotopic (exact) mass is 241 g/mol. The fourth-order valence-electron chi connectivity index (χ4n) is 1.88. The predicted octanol–water partition coefficient (Wildman–Crippen LogP) is 2.82. The van der Waals surface area contributed by atoms with Crippen LogP contribution in [-0.4, -0.2) is 17.4 Å². The zero-order valence-electron chi connectivity index (χ0n) is 10.4. The van der Waals surface area contributed by atoms with Gasteiger partial charge in [0.2, 0.25) is 0 Å². The van der Waals surface area contributed by atoms with E-state index in [-0.39, 0.29) is 0 Å². The van der Waals surface area contributed by atoms with Gasteiger partial charge in [-0.25, -0.2) is 0 Å². The zero-order valence-corrected chi connectivity index (χ0v) is 11.2. The van der Waals surface area contributed by atoms with Gasteiger partial charge >= 0.3 is 0 Å². The lowest BCUT2D eigenvalue weighted by atomic mass is 9.89. The smallest absolute Gasteiger partial charge is 0.186 e. The number of nitrogens with zero attached hydrogens (tertiary/aromatic N) is 1. The molecule has 0 saturated heterocycles. The average molecular weight is 241 g/mol. The first-order valence-electron chi connectivity index (χ1n) is 6.34. The molecule has 0 aromatic heterocycles. The second kappa shape index (κ2) is 7.60. The summed E-state index contributed by atoms with van der Waals surface area (Å²) in [4.78, 5) is 0. The quantitative estimate of drug-likeness (QED) is 0.451. The molecule has 3 nitrogen and oxygen atoms in total. The Morgan fingerprint density at radius 1 is 1.50 bits per heavy atom. The summed E-state index contributed by atoms with van der Waals surface area (Å²) in [6.45, 7) is 5.35. The Labute approximate surface area is 104 Å². The Balaban J connectivity index is 2.25. The van der Waals surface area contributed by atoms with Crippen LogP contribution in [0.5, 0.6) is 0 Å². The second-order valence-corrected chi connectivity index (χ2v) is 4.88. The summed E-state index contributed by atoms with van der Waals surface area (Å²) in [5.74, 6) is 0.611. The van der Waals surface area contributed by atoms with E-state index < -0.39 is 0 Å². The number of rotatable bonds is 4. The molecule has 0 radical (unpaired) electrons. The van der Waals surface area contributed by atoms with E-state index in [0.29, 0.717) is 11.0 Å². The van der Waals surface area contributed by atoms with Gasteiger partial charge in [-0.3, -0.25) is 5.43 Å². The van der Waals surface area contributed by atoms with Crippen LogP contribution >= 0.6 is 12.2 Å². The standard InChI is InChI=1S/C12H23N3S/c1-3-4-9-13-12(16)15-14-11-8-6-5-7-10(11)2/h10H,3-9H2,1-2H3,(H2,13,15,16)/b14-11-/t10-/m1/s1. The van der Waals surface area contributed by atoms with Crippen molar-refractivity contribution in [1.29, 1.82) is 0 Å². The molecule has 0 aromatic carbocycles. The summed E-state index contributed by atoms with van der Waals surface area (Å²) >= 11 is 5.15. The maximum Gasteiger partial charge on any atom is 0.186 e. The summed E-state index contributed by atoms with van der Waals surface area (Å²) in [6.07, 6.45) is 7.30. The molecule has 0 aromatic rings. The molecular formula is C12H23N3S. The van der Waals surface area contributed by atoms with Gasteiger partial charge in [-0.1, -0.05) is 26.7 Å². The molecule has 0 amide bonds. The summed E-state index contributed by atoms with van der Waals surface area (Å²) in [5, 5.41) is 8.21. The SMILES string of the molecule is CCCCNC(=S)N/N=C1/CCCC[C@H]1C. The summed E-state index contributed by atoms with van der Waals surface area (Å²) in [6, 6.07) is 0. The van der Waals surface area contributed by atoms with Crippen LogP contribution in [-0.2, 0) is 0 Å². The fourth-order valence-corrected chi connectivity index (χ4v) is 2.02. The van der Waals surface area contributed by atoms with Crippen LogP contribution in [0.2, 0.25) is 0 Å². The van der Waals surface area contributed by atoms with Crippen molar-refractivity contribution < 1.29 is 0 Å². The summed E-state index contributed by atoms with van der Waals surface area (Å²) in [7, 11) is 0. The first kappa shape index (κ1) is 13.4. The van der Waals surface area contributed by atoms with Crippen molar-refractivity contribution in [3.8, 4) is 0 Å². The van der Waals surface area contributed by atoms with Crippen molar-refractivity contribution in [2.75, 3.05) is 6.54 Å². The Kier molecular flexibility index (Phi) is 6.38. The van der Waals surface area contributed by atoms with Crippen molar-refractivity contribution in [3.63, 3.8) is 0 Å². The topological polar surface area (TPSA) is 36.4 Å². The van der Waals surface area contributed by atoms with Gasteiger partial charge in [0.1, 0.15) is 0 Å². The Bertz CT molecular complexity index is 251. The van der Waals surface area contributed by atoms with E-state index in [4.69, 9.17) is 12.2 Å². The minimum Gasteiger partial charge on any atom is -0.361 e. The van der Waals surface area contributed by atoms with E-state index >= 15 is 0 Å². The molecule has 92 valence electrons. The fraction of sp³-hybridized carbons (Fsp3) is 0.833. The lowest BCUT2D eigenvalue weighted by Gasteiger charge is -2.20. The molecule has 0 aliphatic heterocycles. The molecule has 1 saturated carbocycles. The number of hydrogen-bond acceptors (Lipinski definition) is 2. The van der Waals surface area contributed by atoms with Crippen molar-refractivity contribution in [2.24, 2.45) is 11.0 Å². The minimum atomic E-state index is 0.611. The summed E-state index contributed by atoms with van der Waals surface area (Å²) < 4.78 is 0. The highest BCUT2D eigenvalue weighted by Gasteiger charge is 2.15. The number of nitrogens with one attached hydrogen (secondary N) is 2. The highest BCUT2D eigenvalue weighted by Crippen LogP contribution is 2.20. The molecule has 0 heterocycles. The Morgan fingerprint density at radius 3 is 3.00 bits per heavy atom. The van der Waals surface area contributed by atoms with E-state index in [1.165, 1.54) is 31.4 Å². The predicted molar refractivity (Wildman–Crippen MR) is 73.7 cm³/mol. The van der Waals surface area contributed by atoms with Gasteiger partial charge in [0.25, 0.3) is 0 Å². The Morgan fingerprint density at radius 2 is 2.31 bits per heavy atom. The lowest BCUT2D eigenvalue weighted by Crippen LogP contribution is -2.34. The average Bonchev–Trinajstić information content (AvgIpc) is 2.28. The van der Waals surface area contributed by atoms with Crippen molar-refractivity contribution in [2.45, 2.75) is 52.4 Å². The molecule has 0 bridgehead atoms. The van der Waals surface area contributed by atoms with Gasteiger partial charge in [-0.2, -0.15) is 5.10 Å². The third-order valence-electron chi connectivity index (χ3n) is 3.01.